The zero-order valence-corrected chi connectivity index (χ0v) is 12.8. The molecule has 118 valence electrons. The van der Waals surface area contributed by atoms with Crippen molar-refractivity contribution in [3.63, 3.8) is 0 Å². The quantitative estimate of drug-likeness (QED) is 0.447. The van der Waals surface area contributed by atoms with Gasteiger partial charge in [0.1, 0.15) is 12.3 Å². The molecule has 0 spiro atoms. The predicted octanol–water partition coefficient (Wildman–Crippen LogP) is 1.06. The van der Waals surface area contributed by atoms with Crippen molar-refractivity contribution in [3.05, 3.63) is 24.2 Å². The van der Waals surface area contributed by atoms with E-state index in [0.717, 1.165) is 64.1 Å². The van der Waals surface area contributed by atoms with Gasteiger partial charge in [-0.2, -0.15) is 0 Å². The fraction of sp³-hybridized carbons (Fsp3) is 0.667. The summed E-state index contributed by atoms with van der Waals surface area (Å²) in [6, 6.07) is 3.82. The van der Waals surface area contributed by atoms with Gasteiger partial charge in [0.05, 0.1) is 19.5 Å². The predicted molar refractivity (Wildman–Crippen MR) is 83.4 cm³/mol. The van der Waals surface area contributed by atoms with Gasteiger partial charge in [-0.25, -0.2) is 4.99 Å². The van der Waals surface area contributed by atoms with Gasteiger partial charge in [-0.1, -0.05) is 0 Å². The topological polar surface area (TPSA) is 62.0 Å². The highest BCUT2D eigenvalue weighted by atomic mass is 16.5. The van der Waals surface area contributed by atoms with E-state index >= 15 is 0 Å². The van der Waals surface area contributed by atoms with Crippen molar-refractivity contribution >= 4 is 5.96 Å². The van der Waals surface area contributed by atoms with E-state index in [2.05, 4.69) is 27.4 Å². The molecule has 6 nitrogen and oxygen atoms in total. The summed E-state index contributed by atoms with van der Waals surface area (Å²) in [7, 11) is 0. The van der Waals surface area contributed by atoms with Crippen molar-refractivity contribution in [1.82, 2.24) is 15.5 Å². The summed E-state index contributed by atoms with van der Waals surface area (Å²) >= 11 is 0. The molecule has 6 heteroatoms. The highest BCUT2D eigenvalue weighted by molar-refractivity contribution is 5.79. The average Bonchev–Trinajstić information content (AvgIpc) is 3.03. The molecule has 1 aromatic heterocycles. The van der Waals surface area contributed by atoms with E-state index in [0.29, 0.717) is 6.54 Å². The Labute approximate surface area is 126 Å². The summed E-state index contributed by atoms with van der Waals surface area (Å²) in [6.45, 7) is 9.33. The fourth-order valence-electron chi connectivity index (χ4n) is 2.24. The molecular weight excluding hydrogens is 268 g/mol. The maximum atomic E-state index is 5.35. The van der Waals surface area contributed by atoms with E-state index < -0.39 is 0 Å². The molecule has 0 radical (unpaired) electrons. The first-order valence-corrected chi connectivity index (χ1v) is 7.73. The fourth-order valence-corrected chi connectivity index (χ4v) is 2.24. The van der Waals surface area contributed by atoms with Crippen LogP contribution in [0.25, 0.3) is 0 Å². The van der Waals surface area contributed by atoms with Crippen LogP contribution in [-0.2, 0) is 11.3 Å². The standard InChI is InChI=1S/C15H26N4O2/c1-2-16-15(18-13-14-5-3-10-21-14)17-6-4-7-19-8-11-20-12-9-19/h3,5,10H,2,4,6-9,11-13H2,1H3,(H2,16,17,18). The number of hydrogen-bond acceptors (Lipinski definition) is 4. The maximum absolute atomic E-state index is 5.35. The van der Waals surface area contributed by atoms with Crippen LogP contribution in [0.3, 0.4) is 0 Å². The van der Waals surface area contributed by atoms with Crippen LogP contribution in [0.15, 0.2) is 27.8 Å². The van der Waals surface area contributed by atoms with Crippen molar-refractivity contribution < 1.29 is 9.15 Å². The summed E-state index contributed by atoms with van der Waals surface area (Å²) in [5.74, 6) is 1.72. The Kier molecular flexibility index (Phi) is 7.11. The number of furan rings is 1. The average molecular weight is 294 g/mol. The maximum Gasteiger partial charge on any atom is 0.191 e. The SMILES string of the molecule is CCNC(=NCc1ccco1)NCCCN1CCOCC1. The second-order valence-electron chi connectivity index (χ2n) is 5.01. The monoisotopic (exact) mass is 294 g/mol. The largest absolute Gasteiger partial charge is 0.467 e. The number of aliphatic imine (C=N–C) groups is 1. The van der Waals surface area contributed by atoms with Gasteiger partial charge in [-0.05, 0) is 32.0 Å². The highest BCUT2D eigenvalue weighted by Crippen LogP contribution is 2.01. The van der Waals surface area contributed by atoms with Crippen LogP contribution in [0.2, 0.25) is 0 Å². The van der Waals surface area contributed by atoms with Crippen LogP contribution in [0.5, 0.6) is 0 Å². The van der Waals surface area contributed by atoms with Gasteiger partial charge >= 0.3 is 0 Å². The van der Waals surface area contributed by atoms with Crippen LogP contribution in [0.1, 0.15) is 19.1 Å². The van der Waals surface area contributed by atoms with Gasteiger partial charge in [-0.15, -0.1) is 0 Å². The normalized spacial score (nSPS) is 16.9. The molecule has 1 aliphatic heterocycles. The van der Waals surface area contributed by atoms with Gasteiger partial charge in [0.15, 0.2) is 5.96 Å². The number of guanidine groups is 1. The molecular formula is C15H26N4O2. The van der Waals surface area contributed by atoms with Gasteiger partial charge in [0, 0.05) is 26.2 Å². The van der Waals surface area contributed by atoms with Crippen molar-refractivity contribution in [2.45, 2.75) is 19.9 Å². The van der Waals surface area contributed by atoms with E-state index in [1.54, 1.807) is 6.26 Å². The Morgan fingerprint density at radius 3 is 2.90 bits per heavy atom. The Hall–Kier alpha value is -1.53. The number of morpholine rings is 1. The summed E-state index contributed by atoms with van der Waals surface area (Å²) < 4.78 is 10.6. The number of ether oxygens (including phenoxy) is 1. The van der Waals surface area contributed by atoms with E-state index in [4.69, 9.17) is 9.15 Å². The molecule has 0 aromatic carbocycles. The summed E-state index contributed by atoms with van der Waals surface area (Å²) in [5, 5.41) is 6.61. The van der Waals surface area contributed by atoms with Gasteiger partial charge in [0.2, 0.25) is 0 Å². The molecule has 21 heavy (non-hydrogen) atoms. The number of rotatable bonds is 7. The molecule has 0 bridgehead atoms. The zero-order valence-electron chi connectivity index (χ0n) is 12.8. The van der Waals surface area contributed by atoms with Crippen LogP contribution in [0, 0.1) is 0 Å². The lowest BCUT2D eigenvalue weighted by Crippen LogP contribution is -2.40. The van der Waals surface area contributed by atoms with Crippen molar-refractivity contribution in [2.75, 3.05) is 45.9 Å². The molecule has 2 heterocycles. The molecule has 0 aliphatic carbocycles. The van der Waals surface area contributed by atoms with Crippen molar-refractivity contribution in [1.29, 1.82) is 0 Å². The molecule has 0 unspecified atom stereocenters. The first-order chi connectivity index (χ1) is 10.4. The highest BCUT2D eigenvalue weighted by Gasteiger charge is 2.09. The number of nitrogens with zero attached hydrogens (tertiary/aromatic N) is 2. The number of nitrogens with one attached hydrogen (secondary N) is 2. The Morgan fingerprint density at radius 2 is 2.19 bits per heavy atom. The van der Waals surface area contributed by atoms with Gasteiger partial charge < -0.3 is 19.8 Å². The smallest absolute Gasteiger partial charge is 0.191 e. The van der Waals surface area contributed by atoms with Crippen LogP contribution < -0.4 is 10.6 Å². The third-order valence-corrected chi connectivity index (χ3v) is 3.36. The minimum absolute atomic E-state index is 0.561. The minimum atomic E-state index is 0.561. The third-order valence-electron chi connectivity index (χ3n) is 3.36. The molecule has 2 N–H and O–H groups in total. The molecule has 1 aromatic rings. The van der Waals surface area contributed by atoms with Gasteiger partial charge in [0.25, 0.3) is 0 Å². The number of hydrogen-bond donors (Lipinski definition) is 2. The van der Waals surface area contributed by atoms with E-state index in [-0.39, 0.29) is 0 Å². The molecule has 2 rings (SSSR count). The lowest BCUT2D eigenvalue weighted by molar-refractivity contribution is 0.0376. The molecule has 1 aliphatic rings. The van der Waals surface area contributed by atoms with E-state index in [1.165, 1.54) is 0 Å². The first kappa shape index (κ1) is 15.9. The molecule has 0 atom stereocenters. The molecule has 0 saturated carbocycles. The van der Waals surface area contributed by atoms with Crippen molar-refractivity contribution in [2.24, 2.45) is 4.99 Å². The summed E-state index contributed by atoms with van der Waals surface area (Å²) in [5.41, 5.74) is 0. The third kappa shape index (κ3) is 6.18. The van der Waals surface area contributed by atoms with Crippen LogP contribution >= 0.6 is 0 Å². The second kappa shape index (κ2) is 9.41. The van der Waals surface area contributed by atoms with Crippen LogP contribution in [0.4, 0.5) is 0 Å². The molecule has 1 fully saturated rings. The summed E-state index contributed by atoms with van der Waals surface area (Å²) in [6.07, 6.45) is 2.78. The minimum Gasteiger partial charge on any atom is -0.467 e. The molecule has 0 amide bonds. The van der Waals surface area contributed by atoms with E-state index in [9.17, 15) is 0 Å². The van der Waals surface area contributed by atoms with Crippen molar-refractivity contribution in [3.8, 4) is 0 Å². The Morgan fingerprint density at radius 1 is 1.33 bits per heavy atom. The Bertz CT molecular complexity index is 400. The van der Waals surface area contributed by atoms with E-state index in [1.807, 2.05) is 12.1 Å². The lowest BCUT2D eigenvalue weighted by Gasteiger charge is -2.26. The molecule has 1 saturated heterocycles. The lowest BCUT2D eigenvalue weighted by atomic mass is 10.3. The summed E-state index contributed by atoms with van der Waals surface area (Å²) in [4.78, 5) is 6.95. The van der Waals surface area contributed by atoms with Gasteiger partial charge in [-0.3, -0.25) is 4.90 Å². The zero-order chi connectivity index (χ0) is 14.8. The second-order valence-corrected chi connectivity index (χ2v) is 5.01. The first-order valence-electron chi connectivity index (χ1n) is 7.73. The van der Waals surface area contributed by atoms with Crippen LogP contribution in [-0.4, -0.2) is 56.8 Å². The Balaban J connectivity index is 1.65.